The Hall–Kier alpha value is 0.0500. The predicted octanol–water partition coefficient (Wildman–Crippen LogP) is -1.96. The number of hydrogen-bond acceptors (Lipinski definition) is 3. The second kappa shape index (κ2) is 9.05. The van der Waals surface area contributed by atoms with Gasteiger partial charge < -0.3 is 17.3 Å². The number of isothiocyanates is 1. The first kappa shape index (κ1) is 12.7. The molecular formula is C6H12ClN2S-. The summed E-state index contributed by atoms with van der Waals surface area (Å²) < 4.78 is 0. The van der Waals surface area contributed by atoms with Gasteiger partial charge in [-0.05, 0) is 39.3 Å². The predicted molar refractivity (Wildman–Crippen MR) is 43.1 cm³/mol. The molecule has 60 valence electrons. The third-order valence-electron chi connectivity index (χ3n) is 0.940. The van der Waals surface area contributed by atoms with Gasteiger partial charge in [-0.15, -0.1) is 0 Å². The zero-order valence-corrected chi connectivity index (χ0v) is 7.87. The highest BCUT2D eigenvalue weighted by Gasteiger charge is 1.86. The Kier molecular flexibility index (Phi) is 11.5. The van der Waals surface area contributed by atoms with Gasteiger partial charge in [0.15, 0.2) is 0 Å². The normalized spacial score (nSPS) is 8.30. The van der Waals surface area contributed by atoms with Gasteiger partial charge in [0.1, 0.15) is 0 Å². The molecule has 0 heterocycles. The molecule has 0 saturated carbocycles. The van der Waals surface area contributed by atoms with Crippen LogP contribution < -0.4 is 12.4 Å². The van der Waals surface area contributed by atoms with Crippen molar-refractivity contribution >= 4 is 17.4 Å². The third-order valence-corrected chi connectivity index (χ3v) is 1.07. The van der Waals surface area contributed by atoms with Crippen LogP contribution in [0.5, 0.6) is 0 Å². The Morgan fingerprint density at radius 1 is 1.50 bits per heavy atom. The van der Waals surface area contributed by atoms with Crippen molar-refractivity contribution in [2.24, 2.45) is 4.99 Å². The van der Waals surface area contributed by atoms with E-state index in [0.717, 1.165) is 19.5 Å². The number of aliphatic imine (C=N–C) groups is 1. The lowest BCUT2D eigenvalue weighted by molar-refractivity contribution is -0.00000196. The summed E-state index contributed by atoms with van der Waals surface area (Å²) in [5.41, 5.74) is 0. The summed E-state index contributed by atoms with van der Waals surface area (Å²) in [7, 11) is 4.09. The molecule has 0 aliphatic carbocycles. The van der Waals surface area contributed by atoms with Gasteiger partial charge in [-0.3, -0.25) is 0 Å². The van der Waals surface area contributed by atoms with Crippen LogP contribution in [0.4, 0.5) is 0 Å². The molecule has 0 aromatic rings. The van der Waals surface area contributed by atoms with Gasteiger partial charge in [0.25, 0.3) is 0 Å². The molecule has 0 spiro atoms. The molecule has 2 nitrogen and oxygen atoms in total. The molecule has 10 heavy (non-hydrogen) atoms. The summed E-state index contributed by atoms with van der Waals surface area (Å²) in [6, 6.07) is 0. The molecule has 0 aromatic carbocycles. The summed E-state index contributed by atoms with van der Waals surface area (Å²) in [4.78, 5) is 5.91. The Balaban J connectivity index is 0. The van der Waals surface area contributed by atoms with E-state index in [0.29, 0.717) is 0 Å². The zero-order chi connectivity index (χ0) is 7.11. The van der Waals surface area contributed by atoms with E-state index in [1.54, 1.807) is 0 Å². The van der Waals surface area contributed by atoms with Crippen LogP contribution in [0.1, 0.15) is 6.42 Å². The molecule has 0 aromatic heterocycles. The first-order chi connectivity index (χ1) is 4.27. The van der Waals surface area contributed by atoms with Crippen LogP contribution in [0, 0.1) is 0 Å². The third kappa shape index (κ3) is 10.9. The summed E-state index contributed by atoms with van der Waals surface area (Å²) in [6.45, 7) is 1.88. The highest BCUT2D eigenvalue weighted by atomic mass is 35.5. The van der Waals surface area contributed by atoms with Crippen molar-refractivity contribution in [3.8, 4) is 0 Å². The topological polar surface area (TPSA) is 15.6 Å². The second-order valence-electron chi connectivity index (χ2n) is 2.13. The maximum absolute atomic E-state index is 4.40. The SMILES string of the molecule is CN(C)CCCN=C=S.[Cl-]. The maximum Gasteiger partial charge on any atom is 0.0584 e. The van der Waals surface area contributed by atoms with E-state index in [1.165, 1.54) is 0 Å². The molecule has 0 aliphatic heterocycles. The van der Waals surface area contributed by atoms with Gasteiger partial charge in [0.05, 0.1) is 11.7 Å². The maximum atomic E-state index is 4.40. The standard InChI is InChI=1S/C6H12N2S.ClH/c1-8(2)5-3-4-7-6-9;/h3-5H2,1-2H3;1H/p-1. The molecule has 0 fully saturated rings. The molecule has 0 rings (SSSR count). The van der Waals surface area contributed by atoms with Crippen molar-refractivity contribution in [3.05, 3.63) is 0 Å². The largest absolute Gasteiger partial charge is 1.00 e. The van der Waals surface area contributed by atoms with E-state index in [9.17, 15) is 0 Å². The fraction of sp³-hybridized carbons (Fsp3) is 0.833. The first-order valence-corrected chi connectivity index (χ1v) is 3.36. The number of thiocarbonyl (C=S) groups is 1. The van der Waals surface area contributed by atoms with Crippen molar-refractivity contribution < 1.29 is 12.4 Å². The monoisotopic (exact) mass is 179 g/mol. The average Bonchev–Trinajstić information content (AvgIpc) is 1.80. The molecule has 0 atom stereocenters. The fourth-order valence-electron chi connectivity index (χ4n) is 0.512. The van der Waals surface area contributed by atoms with Crippen molar-refractivity contribution in [3.63, 3.8) is 0 Å². The number of halogens is 1. The van der Waals surface area contributed by atoms with Gasteiger partial charge in [-0.1, -0.05) is 0 Å². The van der Waals surface area contributed by atoms with Crippen LogP contribution in [0.15, 0.2) is 4.99 Å². The Morgan fingerprint density at radius 3 is 2.50 bits per heavy atom. The van der Waals surface area contributed by atoms with Gasteiger partial charge >= 0.3 is 0 Å². The average molecular weight is 180 g/mol. The minimum atomic E-state index is 0. The van der Waals surface area contributed by atoms with Crippen LogP contribution in [0.2, 0.25) is 0 Å². The summed E-state index contributed by atoms with van der Waals surface area (Å²) in [6.07, 6.45) is 1.07. The quantitative estimate of drug-likeness (QED) is 0.283. The van der Waals surface area contributed by atoms with Crippen molar-refractivity contribution in [1.82, 2.24) is 4.90 Å². The van der Waals surface area contributed by atoms with Crippen molar-refractivity contribution in [2.45, 2.75) is 6.42 Å². The molecular weight excluding hydrogens is 168 g/mol. The summed E-state index contributed by atoms with van der Waals surface area (Å²) in [5.74, 6) is 0. The van der Waals surface area contributed by atoms with Gasteiger partial charge in [0, 0.05) is 0 Å². The van der Waals surface area contributed by atoms with Gasteiger partial charge in [-0.25, -0.2) is 4.99 Å². The highest BCUT2D eigenvalue weighted by Crippen LogP contribution is 1.82. The lowest BCUT2D eigenvalue weighted by atomic mass is 10.4. The summed E-state index contributed by atoms with van der Waals surface area (Å²) >= 11 is 4.40. The lowest BCUT2D eigenvalue weighted by Crippen LogP contribution is -3.00. The number of hydrogen-bond donors (Lipinski definition) is 0. The molecule has 0 saturated heterocycles. The Morgan fingerprint density at radius 2 is 2.10 bits per heavy atom. The fourth-order valence-corrected chi connectivity index (χ4v) is 0.603. The molecule has 0 N–H and O–H groups in total. The molecule has 0 amide bonds. The van der Waals surface area contributed by atoms with E-state index < -0.39 is 0 Å². The van der Waals surface area contributed by atoms with Gasteiger partial charge in [-0.2, -0.15) is 0 Å². The second-order valence-corrected chi connectivity index (χ2v) is 2.31. The van der Waals surface area contributed by atoms with Crippen molar-refractivity contribution in [1.29, 1.82) is 0 Å². The Labute approximate surface area is 73.7 Å². The van der Waals surface area contributed by atoms with Crippen LogP contribution in [0.25, 0.3) is 0 Å². The minimum Gasteiger partial charge on any atom is -1.00 e. The van der Waals surface area contributed by atoms with E-state index in [-0.39, 0.29) is 12.4 Å². The zero-order valence-electron chi connectivity index (χ0n) is 6.30. The molecule has 0 radical (unpaired) electrons. The molecule has 0 bridgehead atoms. The first-order valence-electron chi connectivity index (χ1n) is 2.95. The molecule has 0 aliphatic rings. The molecule has 4 heteroatoms. The van der Waals surface area contributed by atoms with E-state index in [2.05, 4.69) is 27.3 Å². The molecule has 0 unspecified atom stereocenters. The highest BCUT2D eigenvalue weighted by molar-refractivity contribution is 7.78. The van der Waals surface area contributed by atoms with E-state index in [4.69, 9.17) is 0 Å². The van der Waals surface area contributed by atoms with E-state index in [1.807, 2.05) is 14.1 Å². The van der Waals surface area contributed by atoms with Crippen LogP contribution in [-0.2, 0) is 0 Å². The lowest BCUT2D eigenvalue weighted by Gasteiger charge is -2.05. The number of nitrogens with zero attached hydrogens (tertiary/aromatic N) is 2. The van der Waals surface area contributed by atoms with Crippen molar-refractivity contribution in [2.75, 3.05) is 27.2 Å². The smallest absolute Gasteiger partial charge is 0.0584 e. The summed E-state index contributed by atoms with van der Waals surface area (Å²) in [5, 5.41) is 2.33. The van der Waals surface area contributed by atoms with Crippen LogP contribution >= 0.6 is 12.2 Å². The van der Waals surface area contributed by atoms with Crippen LogP contribution in [-0.4, -0.2) is 37.2 Å². The van der Waals surface area contributed by atoms with Crippen LogP contribution in [0.3, 0.4) is 0 Å². The van der Waals surface area contributed by atoms with Gasteiger partial charge in [0.2, 0.25) is 0 Å². The number of rotatable bonds is 4. The Bertz CT molecular complexity index is 110. The van der Waals surface area contributed by atoms with E-state index >= 15 is 0 Å². The minimum absolute atomic E-state index is 0.